The summed E-state index contributed by atoms with van der Waals surface area (Å²) < 4.78 is 0. The second kappa shape index (κ2) is 5.76. The zero-order chi connectivity index (χ0) is 14.9. The fourth-order valence-electron chi connectivity index (χ4n) is 3.89. The first-order valence-electron chi connectivity index (χ1n) is 8.42. The predicted molar refractivity (Wildman–Crippen MR) is 87.6 cm³/mol. The highest BCUT2D eigenvalue weighted by molar-refractivity contribution is 5.82. The molecule has 0 bridgehead atoms. The quantitative estimate of drug-likeness (QED) is 0.895. The highest BCUT2D eigenvalue weighted by Crippen LogP contribution is 2.33. The van der Waals surface area contributed by atoms with Gasteiger partial charge in [-0.2, -0.15) is 0 Å². The molecule has 0 aliphatic carbocycles. The lowest BCUT2D eigenvalue weighted by Crippen LogP contribution is -2.42. The molecule has 2 aliphatic rings. The molecule has 2 unspecified atom stereocenters. The van der Waals surface area contributed by atoms with Crippen molar-refractivity contribution in [2.24, 2.45) is 5.92 Å². The van der Waals surface area contributed by atoms with Crippen molar-refractivity contribution in [1.29, 1.82) is 0 Å². The average Bonchev–Trinajstić information content (AvgIpc) is 3.23. The summed E-state index contributed by atoms with van der Waals surface area (Å²) in [5.74, 6) is 0.512. The summed E-state index contributed by atoms with van der Waals surface area (Å²) in [5, 5.41) is 4.55. The van der Waals surface area contributed by atoms with Crippen molar-refractivity contribution in [3.05, 3.63) is 36.0 Å². The van der Waals surface area contributed by atoms with Gasteiger partial charge < -0.3 is 15.2 Å². The molecular formula is C18H23N3O. The Balaban J connectivity index is 1.63. The van der Waals surface area contributed by atoms with Crippen molar-refractivity contribution in [3.8, 4) is 0 Å². The van der Waals surface area contributed by atoms with Crippen LogP contribution in [0.2, 0.25) is 0 Å². The highest BCUT2D eigenvalue weighted by Gasteiger charge is 2.34. The molecule has 3 heterocycles. The number of H-pyrrole nitrogens is 1. The molecule has 2 atom stereocenters. The van der Waals surface area contributed by atoms with Crippen molar-refractivity contribution in [2.75, 3.05) is 19.6 Å². The molecule has 2 N–H and O–H groups in total. The number of rotatable bonds is 2. The number of fused-ring (bicyclic) bond motifs is 1. The number of carbonyl (C=O) groups is 1. The fraction of sp³-hybridized carbons (Fsp3) is 0.500. The van der Waals surface area contributed by atoms with Gasteiger partial charge in [-0.1, -0.05) is 18.2 Å². The number of para-hydroxylation sites is 1. The van der Waals surface area contributed by atoms with Crippen molar-refractivity contribution >= 4 is 16.8 Å². The zero-order valence-corrected chi connectivity index (χ0v) is 12.8. The largest absolute Gasteiger partial charge is 0.357 e. The monoisotopic (exact) mass is 297 g/mol. The Bertz CT molecular complexity index is 639. The molecule has 0 saturated carbocycles. The van der Waals surface area contributed by atoms with E-state index in [2.05, 4.69) is 45.5 Å². The van der Waals surface area contributed by atoms with Crippen LogP contribution in [0.1, 0.15) is 37.4 Å². The van der Waals surface area contributed by atoms with Gasteiger partial charge in [0.05, 0.1) is 12.0 Å². The molecule has 4 rings (SSSR count). The Morgan fingerprint density at radius 2 is 2.09 bits per heavy atom. The number of piperidine rings is 1. The number of benzene rings is 1. The highest BCUT2D eigenvalue weighted by atomic mass is 16.2. The lowest BCUT2D eigenvalue weighted by molar-refractivity contribution is -0.139. The van der Waals surface area contributed by atoms with Crippen LogP contribution in [-0.4, -0.2) is 35.4 Å². The average molecular weight is 297 g/mol. The van der Waals surface area contributed by atoms with Gasteiger partial charge in [0, 0.05) is 24.3 Å². The molecule has 1 amide bonds. The third-order valence-electron chi connectivity index (χ3n) is 5.11. The lowest BCUT2D eigenvalue weighted by atomic mass is 9.96. The minimum absolute atomic E-state index is 0.171. The number of aromatic nitrogens is 1. The normalized spacial score (nSPS) is 25.7. The smallest absolute Gasteiger partial charge is 0.227 e. The van der Waals surface area contributed by atoms with Crippen molar-refractivity contribution in [3.63, 3.8) is 0 Å². The summed E-state index contributed by atoms with van der Waals surface area (Å²) in [6, 6.07) is 10.8. The van der Waals surface area contributed by atoms with E-state index in [9.17, 15) is 4.79 Å². The predicted octanol–water partition coefficient (Wildman–Crippen LogP) is 2.83. The number of likely N-dealkylation sites (tertiary alicyclic amines) is 1. The van der Waals surface area contributed by atoms with Gasteiger partial charge in [0.1, 0.15) is 0 Å². The van der Waals surface area contributed by atoms with Gasteiger partial charge in [-0.3, -0.25) is 4.79 Å². The van der Waals surface area contributed by atoms with Crippen LogP contribution in [0.4, 0.5) is 0 Å². The van der Waals surface area contributed by atoms with Crippen molar-refractivity contribution in [1.82, 2.24) is 15.2 Å². The second-order valence-electron chi connectivity index (χ2n) is 6.54. The number of amides is 1. The fourth-order valence-corrected chi connectivity index (χ4v) is 3.89. The van der Waals surface area contributed by atoms with E-state index in [1.165, 1.54) is 17.5 Å². The maximum absolute atomic E-state index is 12.9. The second-order valence-corrected chi connectivity index (χ2v) is 6.54. The molecule has 22 heavy (non-hydrogen) atoms. The summed E-state index contributed by atoms with van der Waals surface area (Å²) in [6.45, 7) is 2.71. The van der Waals surface area contributed by atoms with Gasteiger partial charge in [0.2, 0.25) is 5.91 Å². The minimum atomic E-state index is 0.171. The minimum Gasteiger partial charge on any atom is -0.357 e. The van der Waals surface area contributed by atoms with Gasteiger partial charge in [0.15, 0.2) is 0 Å². The number of hydrogen-bond donors (Lipinski definition) is 2. The lowest BCUT2D eigenvalue weighted by Gasteiger charge is -2.36. The van der Waals surface area contributed by atoms with Gasteiger partial charge in [-0.05, 0) is 49.7 Å². The molecule has 2 aliphatic heterocycles. The molecule has 0 radical (unpaired) electrons. The van der Waals surface area contributed by atoms with E-state index in [4.69, 9.17) is 0 Å². The summed E-state index contributed by atoms with van der Waals surface area (Å²) >= 11 is 0. The van der Waals surface area contributed by atoms with Crippen LogP contribution in [0, 0.1) is 5.92 Å². The van der Waals surface area contributed by atoms with E-state index in [-0.39, 0.29) is 12.0 Å². The van der Waals surface area contributed by atoms with E-state index >= 15 is 0 Å². The molecule has 2 aromatic rings. The van der Waals surface area contributed by atoms with Gasteiger partial charge >= 0.3 is 0 Å². The van der Waals surface area contributed by atoms with Gasteiger partial charge in [-0.15, -0.1) is 0 Å². The summed E-state index contributed by atoms with van der Waals surface area (Å²) in [5.41, 5.74) is 2.36. The molecule has 116 valence electrons. The third-order valence-corrected chi connectivity index (χ3v) is 5.11. The zero-order valence-electron chi connectivity index (χ0n) is 12.8. The van der Waals surface area contributed by atoms with Crippen LogP contribution in [-0.2, 0) is 4.79 Å². The Morgan fingerprint density at radius 1 is 1.18 bits per heavy atom. The molecule has 4 heteroatoms. The van der Waals surface area contributed by atoms with Crippen LogP contribution in [0.5, 0.6) is 0 Å². The number of carbonyl (C=O) groups excluding carboxylic acids is 1. The molecular weight excluding hydrogens is 274 g/mol. The van der Waals surface area contributed by atoms with Crippen LogP contribution in [0.25, 0.3) is 10.9 Å². The summed E-state index contributed by atoms with van der Waals surface area (Å²) in [4.78, 5) is 18.5. The van der Waals surface area contributed by atoms with Crippen molar-refractivity contribution < 1.29 is 4.79 Å². The Kier molecular flexibility index (Phi) is 3.62. The maximum atomic E-state index is 12.9. The van der Waals surface area contributed by atoms with E-state index in [1.54, 1.807) is 0 Å². The number of nitrogens with zero attached hydrogens (tertiary/aromatic N) is 1. The van der Waals surface area contributed by atoms with Crippen molar-refractivity contribution in [2.45, 2.75) is 31.7 Å². The summed E-state index contributed by atoms with van der Waals surface area (Å²) in [6.07, 6.45) is 4.38. The molecule has 2 fully saturated rings. The van der Waals surface area contributed by atoms with Gasteiger partial charge in [-0.25, -0.2) is 0 Å². The van der Waals surface area contributed by atoms with E-state index in [1.807, 2.05) is 0 Å². The van der Waals surface area contributed by atoms with Crippen LogP contribution < -0.4 is 5.32 Å². The van der Waals surface area contributed by atoms with Crippen LogP contribution >= 0.6 is 0 Å². The number of nitrogens with one attached hydrogen (secondary N) is 2. The Hall–Kier alpha value is -1.81. The number of aromatic amines is 1. The van der Waals surface area contributed by atoms with Gasteiger partial charge in [0.25, 0.3) is 0 Å². The SMILES string of the molecule is O=C(C1CCNC1)N1CCCCC1c1cc2ccccc2[nH]1. The van der Waals surface area contributed by atoms with E-state index < -0.39 is 0 Å². The Labute approximate surface area is 130 Å². The van der Waals surface area contributed by atoms with Crippen LogP contribution in [0.15, 0.2) is 30.3 Å². The molecule has 0 spiro atoms. The first-order chi connectivity index (χ1) is 10.8. The van der Waals surface area contributed by atoms with E-state index in [0.29, 0.717) is 5.91 Å². The standard InChI is InChI=1S/C18H23N3O/c22-18(14-8-9-19-12-14)21-10-4-3-7-17(21)16-11-13-5-1-2-6-15(13)20-16/h1-2,5-6,11,14,17,19-20H,3-4,7-10,12H2. The molecule has 1 aromatic heterocycles. The summed E-state index contributed by atoms with van der Waals surface area (Å²) in [7, 11) is 0. The third kappa shape index (κ3) is 2.41. The molecule has 1 aromatic carbocycles. The first-order valence-corrected chi connectivity index (χ1v) is 8.42. The molecule has 2 saturated heterocycles. The Morgan fingerprint density at radius 3 is 2.91 bits per heavy atom. The van der Waals surface area contributed by atoms with E-state index in [0.717, 1.165) is 44.4 Å². The number of hydrogen-bond acceptors (Lipinski definition) is 2. The van der Waals surface area contributed by atoms with Crippen LogP contribution in [0.3, 0.4) is 0 Å². The first kappa shape index (κ1) is 13.8. The topological polar surface area (TPSA) is 48.1 Å². The molecule has 4 nitrogen and oxygen atoms in total. The maximum Gasteiger partial charge on any atom is 0.227 e.